The maximum Gasteiger partial charge on any atom is 0.0594 e. The van der Waals surface area contributed by atoms with Gasteiger partial charge in [-0.1, -0.05) is 6.92 Å². The second-order valence-electron chi connectivity index (χ2n) is 5.02. The van der Waals surface area contributed by atoms with Crippen molar-refractivity contribution in [3.63, 3.8) is 0 Å². The maximum absolute atomic E-state index is 5.40. The first kappa shape index (κ1) is 11.4. The smallest absolute Gasteiger partial charge is 0.0594 e. The maximum atomic E-state index is 5.40. The van der Waals surface area contributed by atoms with Gasteiger partial charge in [0.25, 0.3) is 0 Å². The molecule has 0 radical (unpaired) electrons. The lowest BCUT2D eigenvalue weighted by Crippen LogP contribution is -2.49. The first-order valence-corrected chi connectivity index (χ1v) is 6.35. The molecule has 2 aliphatic heterocycles. The Morgan fingerprint density at radius 2 is 2.13 bits per heavy atom. The lowest BCUT2D eigenvalue weighted by molar-refractivity contribution is 0.00936. The lowest BCUT2D eigenvalue weighted by Gasteiger charge is -2.42. The number of nitrogens with zero attached hydrogens (tertiary/aromatic N) is 1. The van der Waals surface area contributed by atoms with Crippen molar-refractivity contribution in [3.05, 3.63) is 0 Å². The molecule has 0 aliphatic carbocycles. The molecule has 2 saturated heterocycles. The summed E-state index contributed by atoms with van der Waals surface area (Å²) in [6.07, 6.45) is 4.05. The van der Waals surface area contributed by atoms with Crippen molar-refractivity contribution in [1.29, 1.82) is 0 Å². The summed E-state index contributed by atoms with van der Waals surface area (Å²) in [5.41, 5.74) is 0.537. The van der Waals surface area contributed by atoms with Gasteiger partial charge < -0.3 is 10.1 Å². The summed E-state index contributed by atoms with van der Waals surface area (Å²) in [7, 11) is 0. The SMILES string of the molecule is CCC1(CN2CCOCC2)CCCNC1. The molecule has 15 heavy (non-hydrogen) atoms. The predicted octanol–water partition coefficient (Wildman–Crippen LogP) is 1.10. The van der Waals surface area contributed by atoms with E-state index in [0.717, 1.165) is 26.3 Å². The fourth-order valence-corrected chi connectivity index (χ4v) is 2.81. The van der Waals surface area contributed by atoms with E-state index in [1.807, 2.05) is 0 Å². The minimum atomic E-state index is 0.537. The lowest BCUT2D eigenvalue weighted by atomic mass is 9.78. The van der Waals surface area contributed by atoms with Gasteiger partial charge in [0.2, 0.25) is 0 Å². The molecular formula is C12H24N2O. The Morgan fingerprint density at radius 1 is 1.33 bits per heavy atom. The average molecular weight is 212 g/mol. The highest BCUT2D eigenvalue weighted by molar-refractivity contribution is 4.87. The van der Waals surface area contributed by atoms with Crippen LogP contribution in [0, 0.1) is 5.41 Å². The predicted molar refractivity (Wildman–Crippen MR) is 62.1 cm³/mol. The molecule has 2 rings (SSSR count). The van der Waals surface area contributed by atoms with Gasteiger partial charge in [-0.05, 0) is 31.2 Å². The number of hydrogen-bond donors (Lipinski definition) is 1. The molecule has 2 aliphatic rings. The van der Waals surface area contributed by atoms with E-state index in [2.05, 4.69) is 17.1 Å². The molecule has 0 spiro atoms. The average Bonchev–Trinajstić information content (AvgIpc) is 2.32. The molecule has 3 nitrogen and oxygen atoms in total. The Morgan fingerprint density at radius 3 is 2.73 bits per heavy atom. The summed E-state index contributed by atoms with van der Waals surface area (Å²) in [6.45, 7) is 10.1. The van der Waals surface area contributed by atoms with E-state index < -0.39 is 0 Å². The van der Waals surface area contributed by atoms with Crippen molar-refractivity contribution in [1.82, 2.24) is 10.2 Å². The van der Waals surface area contributed by atoms with Gasteiger partial charge in [0.1, 0.15) is 0 Å². The van der Waals surface area contributed by atoms with Gasteiger partial charge >= 0.3 is 0 Å². The fraction of sp³-hybridized carbons (Fsp3) is 1.00. The zero-order chi connectivity index (χ0) is 10.6. The van der Waals surface area contributed by atoms with Crippen LogP contribution in [-0.2, 0) is 4.74 Å². The number of morpholine rings is 1. The van der Waals surface area contributed by atoms with E-state index in [1.54, 1.807) is 0 Å². The first-order valence-electron chi connectivity index (χ1n) is 6.35. The summed E-state index contributed by atoms with van der Waals surface area (Å²) < 4.78 is 5.40. The van der Waals surface area contributed by atoms with Crippen LogP contribution in [0.3, 0.4) is 0 Å². The minimum Gasteiger partial charge on any atom is -0.379 e. The van der Waals surface area contributed by atoms with E-state index in [9.17, 15) is 0 Å². The van der Waals surface area contributed by atoms with Crippen LogP contribution < -0.4 is 5.32 Å². The van der Waals surface area contributed by atoms with Crippen LogP contribution in [0.25, 0.3) is 0 Å². The van der Waals surface area contributed by atoms with Crippen LogP contribution in [0.1, 0.15) is 26.2 Å². The molecule has 3 heteroatoms. The Balaban J connectivity index is 1.87. The highest BCUT2D eigenvalue weighted by atomic mass is 16.5. The van der Waals surface area contributed by atoms with Gasteiger partial charge in [-0.2, -0.15) is 0 Å². The molecular weight excluding hydrogens is 188 g/mol. The van der Waals surface area contributed by atoms with Gasteiger partial charge in [0.05, 0.1) is 13.2 Å². The van der Waals surface area contributed by atoms with E-state index in [-0.39, 0.29) is 0 Å². The summed E-state index contributed by atoms with van der Waals surface area (Å²) >= 11 is 0. The van der Waals surface area contributed by atoms with Gasteiger partial charge in [0.15, 0.2) is 0 Å². The van der Waals surface area contributed by atoms with Crippen LogP contribution in [0.15, 0.2) is 0 Å². The molecule has 88 valence electrons. The van der Waals surface area contributed by atoms with Crippen LogP contribution in [0.5, 0.6) is 0 Å². The number of rotatable bonds is 3. The number of nitrogens with one attached hydrogen (secondary N) is 1. The number of piperidine rings is 1. The zero-order valence-corrected chi connectivity index (χ0v) is 9.93. The van der Waals surface area contributed by atoms with E-state index in [1.165, 1.54) is 38.9 Å². The third-order valence-electron chi connectivity index (χ3n) is 3.97. The third kappa shape index (κ3) is 2.92. The molecule has 0 aromatic rings. The van der Waals surface area contributed by atoms with Gasteiger partial charge in [-0.3, -0.25) is 4.90 Å². The molecule has 0 aromatic heterocycles. The summed E-state index contributed by atoms with van der Waals surface area (Å²) in [6, 6.07) is 0. The Labute approximate surface area is 93.2 Å². The Bertz CT molecular complexity index is 184. The molecule has 0 bridgehead atoms. The van der Waals surface area contributed by atoms with Gasteiger partial charge in [0, 0.05) is 26.2 Å². The number of hydrogen-bond acceptors (Lipinski definition) is 3. The molecule has 1 N–H and O–H groups in total. The highest BCUT2D eigenvalue weighted by Gasteiger charge is 2.32. The van der Waals surface area contributed by atoms with Gasteiger partial charge in [-0.15, -0.1) is 0 Å². The second kappa shape index (κ2) is 5.28. The molecule has 1 atom stereocenters. The fourth-order valence-electron chi connectivity index (χ4n) is 2.81. The van der Waals surface area contributed by atoms with Gasteiger partial charge in [-0.25, -0.2) is 0 Å². The van der Waals surface area contributed by atoms with E-state index in [0.29, 0.717) is 5.41 Å². The first-order chi connectivity index (χ1) is 7.35. The second-order valence-corrected chi connectivity index (χ2v) is 5.02. The van der Waals surface area contributed by atoms with E-state index >= 15 is 0 Å². The van der Waals surface area contributed by atoms with Crippen LogP contribution >= 0.6 is 0 Å². The third-order valence-corrected chi connectivity index (χ3v) is 3.97. The zero-order valence-electron chi connectivity index (χ0n) is 9.93. The molecule has 0 amide bonds. The molecule has 0 aromatic carbocycles. The van der Waals surface area contributed by atoms with Crippen molar-refractivity contribution in [2.75, 3.05) is 45.9 Å². The largest absolute Gasteiger partial charge is 0.379 e. The van der Waals surface area contributed by atoms with Crippen molar-refractivity contribution in [2.45, 2.75) is 26.2 Å². The highest BCUT2D eigenvalue weighted by Crippen LogP contribution is 2.31. The summed E-state index contributed by atoms with van der Waals surface area (Å²) in [5, 5.41) is 3.56. The van der Waals surface area contributed by atoms with E-state index in [4.69, 9.17) is 4.74 Å². The van der Waals surface area contributed by atoms with Crippen molar-refractivity contribution >= 4 is 0 Å². The van der Waals surface area contributed by atoms with Crippen molar-refractivity contribution in [2.24, 2.45) is 5.41 Å². The minimum absolute atomic E-state index is 0.537. The van der Waals surface area contributed by atoms with Crippen LogP contribution in [0.2, 0.25) is 0 Å². The Kier molecular flexibility index (Phi) is 4.00. The van der Waals surface area contributed by atoms with Crippen LogP contribution in [-0.4, -0.2) is 50.8 Å². The number of ether oxygens (including phenoxy) is 1. The topological polar surface area (TPSA) is 24.5 Å². The monoisotopic (exact) mass is 212 g/mol. The molecule has 2 heterocycles. The quantitative estimate of drug-likeness (QED) is 0.758. The Hall–Kier alpha value is -0.120. The normalized spacial score (nSPS) is 34.2. The summed E-state index contributed by atoms with van der Waals surface area (Å²) in [5.74, 6) is 0. The molecule has 0 saturated carbocycles. The standard InChI is InChI=1S/C12H24N2O/c1-2-12(4-3-5-13-10-12)11-14-6-8-15-9-7-14/h13H,2-11H2,1H3. The molecule has 1 unspecified atom stereocenters. The van der Waals surface area contributed by atoms with Crippen molar-refractivity contribution < 1.29 is 4.74 Å². The van der Waals surface area contributed by atoms with Crippen LogP contribution in [0.4, 0.5) is 0 Å². The molecule has 2 fully saturated rings. The van der Waals surface area contributed by atoms with Crippen molar-refractivity contribution in [3.8, 4) is 0 Å². The summed E-state index contributed by atoms with van der Waals surface area (Å²) in [4.78, 5) is 2.58.